The van der Waals surface area contributed by atoms with Crippen LogP contribution in [0, 0.1) is 20.8 Å². The number of nitrogens with zero attached hydrogens (tertiary/aromatic N) is 2. The molecular formula is C32H41N3O6S. The van der Waals surface area contributed by atoms with Crippen LogP contribution in [0.25, 0.3) is 0 Å². The number of carbonyl (C=O) groups is 2. The van der Waals surface area contributed by atoms with Crippen LogP contribution < -0.4 is 19.1 Å². The minimum absolute atomic E-state index is 0.0621. The molecule has 0 fully saturated rings. The third kappa shape index (κ3) is 7.61. The Labute approximate surface area is 249 Å². The topological polar surface area (TPSA) is 105 Å². The number of hydrogen-bond donors (Lipinski definition) is 1. The number of ether oxygens (including phenoxy) is 2. The van der Waals surface area contributed by atoms with Crippen molar-refractivity contribution in [3.05, 3.63) is 82.9 Å². The summed E-state index contributed by atoms with van der Waals surface area (Å²) in [5, 5.41) is 2.82. The van der Waals surface area contributed by atoms with Crippen molar-refractivity contribution >= 4 is 27.5 Å². The first kappa shape index (κ1) is 32.5. The van der Waals surface area contributed by atoms with Crippen molar-refractivity contribution in [1.29, 1.82) is 0 Å². The van der Waals surface area contributed by atoms with E-state index >= 15 is 0 Å². The molecule has 0 aliphatic heterocycles. The van der Waals surface area contributed by atoms with Gasteiger partial charge >= 0.3 is 0 Å². The standard InChI is InChI=1S/C32H41N3O6S/c1-8-28(32(37)33-9-2)34(20-25-12-10-22(3)11-13-25)31(36)21-35(26-17-23(4)16-24(5)18-26)42(38,39)27-14-15-29(40-6)30(19-27)41-7/h10-19,28H,8-9,20-21H2,1-7H3,(H,33,37). The van der Waals surface area contributed by atoms with E-state index in [1.807, 2.05) is 65.0 Å². The van der Waals surface area contributed by atoms with E-state index in [-0.39, 0.29) is 23.1 Å². The minimum atomic E-state index is -4.27. The van der Waals surface area contributed by atoms with Gasteiger partial charge in [0.2, 0.25) is 11.8 Å². The second-order valence-electron chi connectivity index (χ2n) is 10.2. The monoisotopic (exact) mass is 595 g/mol. The van der Waals surface area contributed by atoms with E-state index in [1.165, 1.54) is 37.3 Å². The zero-order valence-electron chi connectivity index (χ0n) is 25.4. The summed E-state index contributed by atoms with van der Waals surface area (Å²) < 4.78 is 40.2. The SMILES string of the molecule is CCNC(=O)C(CC)N(Cc1ccc(C)cc1)C(=O)CN(c1cc(C)cc(C)c1)S(=O)(=O)c1ccc(OC)c(OC)c1. The van der Waals surface area contributed by atoms with E-state index in [9.17, 15) is 18.0 Å². The van der Waals surface area contributed by atoms with Crippen LogP contribution in [0.1, 0.15) is 42.5 Å². The van der Waals surface area contributed by atoms with Crippen LogP contribution in [0.15, 0.2) is 65.6 Å². The third-order valence-corrected chi connectivity index (χ3v) is 8.70. The highest BCUT2D eigenvalue weighted by Gasteiger charge is 2.34. The Bertz CT molecular complexity index is 1480. The van der Waals surface area contributed by atoms with Crippen LogP contribution in [-0.4, -0.2) is 58.5 Å². The number of rotatable bonds is 13. The zero-order valence-corrected chi connectivity index (χ0v) is 26.2. The van der Waals surface area contributed by atoms with E-state index in [0.29, 0.717) is 24.4 Å². The van der Waals surface area contributed by atoms with Crippen molar-refractivity contribution < 1.29 is 27.5 Å². The van der Waals surface area contributed by atoms with Crippen LogP contribution in [0.4, 0.5) is 5.69 Å². The lowest BCUT2D eigenvalue weighted by molar-refractivity contribution is -0.140. The molecule has 0 saturated carbocycles. The number of likely N-dealkylation sites (N-methyl/N-ethyl adjacent to an activating group) is 1. The molecule has 2 amide bonds. The first-order valence-electron chi connectivity index (χ1n) is 13.9. The second kappa shape index (κ2) is 14.2. The first-order chi connectivity index (χ1) is 19.9. The molecule has 3 aromatic rings. The predicted octanol–water partition coefficient (Wildman–Crippen LogP) is 4.77. The number of nitrogens with one attached hydrogen (secondary N) is 1. The van der Waals surface area contributed by atoms with Gasteiger partial charge in [0.25, 0.3) is 10.0 Å². The van der Waals surface area contributed by atoms with E-state index in [4.69, 9.17) is 9.47 Å². The van der Waals surface area contributed by atoms with Gasteiger partial charge in [-0.3, -0.25) is 13.9 Å². The van der Waals surface area contributed by atoms with Gasteiger partial charge in [0.05, 0.1) is 24.8 Å². The Morgan fingerprint density at radius 3 is 2.00 bits per heavy atom. The molecule has 226 valence electrons. The molecule has 3 aromatic carbocycles. The Kier molecular flexibility index (Phi) is 11.0. The van der Waals surface area contributed by atoms with E-state index in [1.54, 1.807) is 12.1 Å². The summed E-state index contributed by atoms with van der Waals surface area (Å²) >= 11 is 0. The molecule has 0 aliphatic rings. The molecule has 0 saturated heterocycles. The number of amides is 2. The number of methoxy groups -OCH3 is 2. The largest absolute Gasteiger partial charge is 0.493 e. The summed E-state index contributed by atoms with van der Waals surface area (Å²) in [7, 11) is -1.37. The lowest BCUT2D eigenvalue weighted by Crippen LogP contribution is -2.52. The van der Waals surface area contributed by atoms with Crippen molar-refractivity contribution in [3.8, 4) is 11.5 Å². The molecule has 0 aliphatic carbocycles. The van der Waals surface area contributed by atoms with Gasteiger partial charge in [-0.2, -0.15) is 0 Å². The van der Waals surface area contributed by atoms with Crippen molar-refractivity contribution in [1.82, 2.24) is 10.2 Å². The number of sulfonamides is 1. The summed E-state index contributed by atoms with van der Waals surface area (Å²) in [5.74, 6) is -0.172. The number of carbonyl (C=O) groups excluding carboxylic acids is 2. The lowest BCUT2D eigenvalue weighted by atomic mass is 10.1. The van der Waals surface area contributed by atoms with Gasteiger partial charge in [0.1, 0.15) is 12.6 Å². The summed E-state index contributed by atoms with van der Waals surface area (Å²) in [4.78, 5) is 28.7. The van der Waals surface area contributed by atoms with Crippen molar-refractivity contribution in [2.45, 2.75) is 58.5 Å². The molecule has 0 spiro atoms. The molecule has 9 nitrogen and oxygen atoms in total. The number of hydrogen-bond acceptors (Lipinski definition) is 6. The molecule has 0 heterocycles. The van der Waals surface area contributed by atoms with Gasteiger partial charge in [-0.1, -0.05) is 42.8 Å². The van der Waals surface area contributed by atoms with Gasteiger partial charge in [-0.25, -0.2) is 8.42 Å². The normalized spacial score (nSPS) is 11.9. The van der Waals surface area contributed by atoms with E-state index in [2.05, 4.69) is 5.32 Å². The summed E-state index contributed by atoms with van der Waals surface area (Å²) in [5.41, 5.74) is 3.93. The van der Waals surface area contributed by atoms with Crippen molar-refractivity contribution in [3.63, 3.8) is 0 Å². The first-order valence-corrected chi connectivity index (χ1v) is 15.3. The van der Waals surface area contributed by atoms with Gasteiger partial charge in [0, 0.05) is 19.2 Å². The van der Waals surface area contributed by atoms with Gasteiger partial charge in [0.15, 0.2) is 11.5 Å². The maximum atomic E-state index is 14.2. The quantitative estimate of drug-likeness (QED) is 0.305. The maximum absolute atomic E-state index is 14.2. The highest BCUT2D eigenvalue weighted by atomic mass is 32.2. The van der Waals surface area contributed by atoms with Gasteiger partial charge in [-0.15, -0.1) is 0 Å². The fourth-order valence-corrected chi connectivity index (χ4v) is 6.24. The van der Waals surface area contributed by atoms with Crippen LogP contribution in [0.5, 0.6) is 11.5 Å². The molecule has 0 radical (unpaired) electrons. The molecule has 1 atom stereocenters. The van der Waals surface area contributed by atoms with Crippen LogP contribution in [-0.2, 0) is 26.2 Å². The molecule has 3 rings (SSSR count). The average molecular weight is 596 g/mol. The Hall–Kier alpha value is -4.05. The predicted molar refractivity (Wildman–Crippen MR) is 164 cm³/mol. The van der Waals surface area contributed by atoms with E-state index in [0.717, 1.165) is 26.6 Å². The van der Waals surface area contributed by atoms with Crippen LogP contribution >= 0.6 is 0 Å². The highest BCUT2D eigenvalue weighted by Crippen LogP contribution is 2.33. The fourth-order valence-electron chi connectivity index (χ4n) is 4.83. The summed E-state index contributed by atoms with van der Waals surface area (Å²) in [6, 6.07) is 16.6. The minimum Gasteiger partial charge on any atom is -0.493 e. The number of anilines is 1. The Morgan fingerprint density at radius 1 is 0.833 bits per heavy atom. The Balaban J connectivity index is 2.13. The molecule has 42 heavy (non-hydrogen) atoms. The van der Waals surface area contributed by atoms with Crippen molar-refractivity contribution in [2.24, 2.45) is 0 Å². The molecule has 1 unspecified atom stereocenters. The molecular weight excluding hydrogens is 554 g/mol. The average Bonchev–Trinajstić information content (AvgIpc) is 2.95. The van der Waals surface area contributed by atoms with Crippen molar-refractivity contribution in [2.75, 3.05) is 31.6 Å². The van der Waals surface area contributed by atoms with E-state index < -0.39 is 28.5 Å². The maximum Gasteiger partial charge on any atom is 0.264 e. The highest BCUT2D eigenvalue weighted by molar-refractivity contribution is 7.92. The lowest BCUT2D eigenvalue weighted by Gasteiger charge is -2.33. The summed E-state index contributed by atoms with van der Waals surface area (Å²) in [6.45, 7) is 9.39. The number of aryl methyl sites for hydroxylation is 3. The van der Waals surface area contributed by atoms with Gasteiger partial charge < -0.3 is 19.7 Å². The molecule has 0 aromatic heterocycles. The zero-order chi connectivity index (χ0) is 31.0. The molecule has 0 bridgehead atoms. The van der Waals surface area contributed by atoms with Crippen LogP contribution in [0.3, 0.4) is 0 Å². The second-order valence-corrected chi connectivity index (χ2v) is 12.1. The third-order valence-electron chi connectivity index (χ3n) is 6.93. The van der Waals surface area contributed by atoms with Crippen LogP contribution in [0.2, 0.25) is 0 Å². The molecule has 1 N–H and O–H groups in total. The number of benzene rings is 3. The summed E-state index contributed by atoms with van der Waals surface area (Å²) in [6.07, 6.45) is 0.357. The van der Waals surface area contributed by atoms with Gasteiger partial charge in [-0.05, 0) is 75.1 Å². The smallest absolute Gasteiger partial charge is 0.264 e. The fraction of sp³-hybridized carbons (Fsp3) is 0.375. The Morgan fingerprint density at radius 2 is 1.45 bits per heavy atom. The molecule has 10 heteroatoms.